The lowest BCUT2D eigenvalue weighted by atomic mass is 10.1. The van der Waals surface area contributed by atoms with Crippen LogP contribution in [0.25, 0.3) is 0 Å². The minimum atomic E-state index is 0.707. The molecule has 0 aromatic heterocycles. The maximum atomic E-state index is 3.65. The number of nitrogens with one attached hydrogen (secondary N) is 1. The average Bonchev–Trinajstić information content (AvgIpc) is 2.77. The van der Waals surface area contributed by atoms with Crippen molar-refractivity contribution < 1.29 is 0 Å². The fourth-order valence-corrected chi connectivity index (χ4v) is 2.42. The van der Waals surface area contributed by atoms with Crippen molar-refractivity contribution in [1.29, 1.82) is 0 Å². The van der Waals surface area contributed by atoms with Gasteiger partial charge in [-0.2, -0.15) is 0 Å². The van der Waals surface area contributed by atoms with E-state index in [1.54, 1.807) is 5.57 Å². The van der Waals surface area contributed by atoms with Crippen LogP contribution in [0.2, 0.25) is 0 Å². The van der Waals surface area contributed by atoms with Crippen molar-refractivity contribution >= 4 is 0 Å². The van der Waals surface area contributed by atoms with Crippen molar-refractivity contribution in [2.24, 2.45) is 0 Å². The van der Waals surface area contributed by atoms with Gasteiger partial charge >= 0.3 is 0 Å². The van der Waals surface area contributed by atoms with Crippen LogP contribution in [0.4, 0.5) is 0 Å². The lowest BCUT2D eigenvalue weighted by Gasteiger charge is -2.13. The van der Waals surface area contributed by atoms with Gasteiger partial charge in [0.25, 0.3) is 0 Å². The van der Waals surface area contributed by atoms with Gasteiger partial charge in [0.2, 0.25) is 0 Å². The first kappa shape index (κ1) is 13.8. The van der Waals surface area contributed by atoms with E-state index in [0.717, 1.165) is 0 Å². The molecule has 1 aliphatic carbocycles. The van der Waals surface area contributed by atoms with E-state index in [4.69, 9.17) is 0 Å². The lowest BCUT2D eigenvalue weighted by molar-refractivity contribution is 0.485. The fourth-order valence-electron chi connectivity index (χ4n) is 2.42. The molecule has 1 unspecified atom stereocenters. The highest BCUT2D eigenvalue weighted by Crippen LogP contribution is 2.19. The molecule has 0 saturated carbocycles. The Balaban J connectivity index is 1.91. The largest absolute Gasteiger partial charge is 0.314 e. The zero-order valence-electron chi connectivity index (χ0n) is 11.2. The molecule has 0 spiro atoms. The highest BCUT2D eigenvalue weighted by Gasteiger charge is 2.05. The first-order valence-corrected chi connectivity index (χ1v) is 7.24. The van der Waals surface area contributed by atoms with Crippen molar-refractivity contribution in [2.75, 3.05) is 6.54 Å². The van der Waals surface area contributed by atoms with Gasteiger partial charge in [-0.3, -0.25) is 0 Å². The van der Waals surface area contributed by atoms with Gasteiger partial charge in [0.1, 0.15) is 0 Å². The molecule has 1 rings (SSSR count). The van der Waals surface area contributed by atoms with Crippen molar-refractivity contribution in [1.82, 2.24) is 5.32 Å². The van der Waals surface area contributed by atoms with Crippen molar-refractivity contribution in [3.8, 4) is 0 Å². The molecule has 0 bridgehead atoms. The van der Waals surface area contributed by atoms with Crippen LogP contribution in [0.15, 0.2) is 11.6 Å². The predicted molar refractivity (Wildman–Crippen MR) is 72.8 cm³/mol. The summed E-state index contributed by atoms with van der Waals surface area (Å²) in [5, 5.41) is 3.65. The highest BCUT2D eigenvalue weighted by molar-refractivity contribution is 5.07. The SMILES string of the molecule is CCCCCCC(C)NCCC1=CCCC1. The van der Waals surface area contributed by atoms with Crippen LogP contribution in [-0.2, 0) is 0 Å². The van der Waals surface area contributed by atoms with Gasteiger partial charge < -0.3 is 5.32 Å². The van der Waals surface area contributed by atoms with Gasteiger partial charge in [-0.15, -0.1) is 0 Å². The molecule has 16 heavy (non-hydrogen) atoms. The Morgan fingerprint density at radius 2 is 2.19 bits per heavy atom. The third-order valence-electron chi connectivity index (χ3n) is 3.56. The second kappa shape index (κ2) is 8.81. The Morgan fingerprint density at radius 3 is 2.88 bits per heavy atom. The fraction of sp³-hybridized carbons (Fsp3) is 0.867. The first-order valence-electron chi connectivity index (χ1n) is 7.24. The van der Waals surface area contributed by atoms with Crippen LogP contribution in [0.1, 0.15) is 71.6 Å². The molecule has 0 aromatic rings. The summed E-state index contributed by atoms with van der Waals surface area (Å²) in [6.45, 7) is 5.78. The molecule has 0 aliphatic heterocycles. The zero-order valence-corrected chi connectivity index (χ0v) is 11.2. The summed E-state index contributed by atoms with van der Waals surface area (Å²) in [7, 11) is 0. The van der Waals surface area contributed by atoms with Crippen LogP contribution < -0.4 is 5.32 Å². The molecule has 1 atom stereocenters. The molecule has 94 valence electrons. The Kier molecular flexibility index (Phi) is 7.58. The van der Waals surface area contributed by atoms with Gasteiger partial charge in [0, 0.05) is 6.04 Å². The molecule has 1 heteroatoms. The van der Waals surface area contributed by atoms with Gasteiger partial charge in [-0.1, -0.05) is 44.3 Å². The van der Waals surface area contributed by atoms with Crippen LogP contribution in [0, 0.1) is 0 Å². The third kappa shape index (κ3) is 6.32. The molecule has 0 heterocycles. The quantitative estimate of drug-likeness (QED) is 0.450. The van der Waals surface area contributed by atoms with E-state index >= 15 is 0 Å². The molecule has 0 amide bonds. The third-order valence-corrected chi connectivity index (χ3v) is 3.56. The number of rotatable bonds is 9. The molecule has 0 saturated heterocycles. The summed E-state index contributed by atoms with van der Waals surface area (Å²) in [4.78, 5) is 0. The second-order valence-electron chi connectivity index (χ2n) is 5.21. The van der Waals surface area contributed by atoms with E-state index in [2.05, 4.69) is 25.2 Å². The van der Waals surface area contributed by atoms with E-state index in [9.17, 15) is 0 Å². The number of allylic oxidation sites excluding steroid dienone is 1. The van der Waals surface area contributed by atoms with E-state index in [-0.39, 0.29) is 0 Å². The van der Waals surface area contributed by atoms with Crippen molar-refractivity contribution in [3.63, 3.8) is 0 Å². The minimum absolute atomic E-state index is 0.707. The second-order valence-corrected chi connectivity index (χ2v) is 5.21. The van der Waals surface area contributed by atoms with Gasteiger partial charge in [-0.05, 0) is 45.6 Å². The van der Waals surface area contributed by atoms with Crippen LogP contribution in [0.3, 0.4) is 0 Å². The predicted octanol–water partition coefficient (Wildman–Crippen LogP) is 4.44. The smallest absolute Gasteiger partial charge is 0.00388 e. The van der Waals surface area contributed by atoms with Crippen LogP contribution in [-0.4, -0.2) is 12.6 Å². The van der Waals surface area contributed by atoms with Crippen LogP contribution >= 0.6 is 0 Å². The summed E-state index contributed by atoms with van der Waals surface area (Å²) in [6, 6.07) is 0.707. The van der Waals surface area contributed by atoms with E-state index in [0.29, 0.717) is 6.04 Å². The summed E-state index contributed by atoms with van der Waals surface area (Å²) in [5.41, 5.74) is 1.69. The molecular formula is C15H29N. The first-order chi connectivity index (χ1) is 7.83. The lowest BCUT2D eigenvalue weighted by Crippen LogP contribution is -2.27. The Labute approximate surface area is 102 Å². The van der Waals surface area contributed by atoms with Crippen molar-refractivity contribution in [2.45, 2.75) is 77.7 Å². The van der Waals surface area contributed by atoms with Gasteiger partial charge in [0.15, 0.2) is 0 Å². The summed E-state index contributed by atoms with van der Waals surface area (Å²) in [5.74, 6) is 0. The zero-order chi connectivity index (χ0) is 11.6. The molecule has 0 radical (unpaired) electrons. The van der Waals surface area contributed by atoms with Crippen LogP contribution in [0.5, 0.6) is 0 Å². The maximum Gasteiger partial charge on any atom is 0.00388 e. The average molecular weight is 223 g/mol. The maximum absolute atomic E-state index is 3.65. The highest BCUT2D eigenvalue weighted by atomic mass is 14.9. The van der Waals surface area contributed by atoms with E-state index < -0.39 is 0 Å². The van der Waals surface area contributed by atoms with E-state index in [1.807, 2.05) is 0 Å². The molecule has 0 fully saturated rings. The standard InChI is InChI=1S/C15H29N/c1-3-4-5-6-9-14(2)16-13-12-15-10-7-8-11-15/h10,14,16H,3-9,11-13H2,1-2H3. The van der Waals surface area contributed by atoms with Gasteiger partial charge in [0.05, 0.1) is 0 Å². The monoisotopic (exact) mass is 223 g/mol. The Morgan fingerprint density at radius 1 is 1.31 bits per heavy atom. The summed E-state index contributed by atoms with van der Waals surface area (Å²) < 4.78 is 0. The summed E-state index contributed by atoms with van der Waals surface area (Å²) in [6.07, 6.45) is 14.7. The molecule has 1 aliphatic rings. The number of unbranched alkanes of at least 4 members (excludes halogenated alkanes) is 3. The molecule has 1 N–H and O–H groups in total. The number of hydrogen-bond acceptors (Lipinski definition) is 1. The molecule has 0 aromatic carbocycles. The topological polar surface area (TPSA) is 12.0 Å². The summed E-state index contributed by atoms with van der Waals surface area (Å²) >= 11 is 0. The Bertz CT molecular complexity index is 196. The number of hydrogen-bond donors (Lipinski definition) is 1. The normalized spacial score (nSPS) is 17.5. The Hall–Kier alpha value is -0.300. The molecule has 1 nitrogen and oxygen atoms in total. The van der Waals surface area contributed by atoms with E-state index in [1.165, 1.54) is 64.3 Å². The molecular weight excluding hydrogens is 194 g/mol. The van der Waals surface area contributed by atoms with Gasteiger partial charge in [-0.25, -0.2) is 0 Å². The van der Waals surface area contributed by atoms with Crippen molar-refractivity contribution in [3.05, 3.63) is 11.6 Å². The minimum Gasteiger partial charge on any atom is -0.314 e.